The monoisotopic (exact) mass is 273 g/mol. The van der Waals surface area contributed by atoms with Gasteiger partial charge in [0.25, 0.3) is 0 Å². The molecular weight excluding hydrogens is 253 g/mol. The molecule has 1 aromatic rings. The lowest BCUT2D eigenvalue weighted by atomic mass is 10.1. The Morgan fingerprint density at radius 3 is 2.39 bits per heavy atom. The lowest BCUT2D eigenvalue weighted by Crippen LogP contribution is -2.34. The zero-order valence-corrected chi connectivity index (χ0v) is 11.6. The number of hydrogen-bond acceptors (Lipinski definition) is 5. The van der Waals surface area contributed by atoms with E-state index in [0.717, 1.165) is 5.56 Å². The summed E-state index contributed by atoms with van der Waals surface area (Å²) >= 11 is 0. The van der Waals surface area contributed by atoms with Gasteiger partial charge in [0, 0.05) is 20.8 Å². The number of nitrogens with one attached hydrogen (secondary N) is 1. The van der Waals surface area contributed by atoms with Gasteiger partial charge in [-0.15, -0.1) is 0 Å². The number of aliphatic hydroxyl groups is 1. The zero-order valence-electron chi connectivity index (χ0n) is 10.7. The largest absolute Gasteiger partial charge is 0.395 e. The third-order valence-corrected chi connectivity index (χ3v) is 4.80. The van der Waals surface area contributed by atoms with Crippen LogP contribution in [-0.4, -0.2) is 38.3 Å². The van der Waals surface area contributed by atoms with Crippen molar-refractivity contribution in [3.63, 3.8) is 0 Å². The first-order chi connectivity index (χ1) is 8.66. The van der Waals surface area contributed by atoms with Gasteiger partial charge in [0.1, 0.15) is 5.78 Å². The maximum Gasteiger partial charge on any atom is 0.347 e. The predicted molar refractivity (Wildman–Crippen MR) is 70.6 cm³/mol. The normalized spacial score (nSPS) is 13.5. The molecule has 5 nitrogen and oxygen atoms in total. The van der Waals surface area contributed by atoms with Gasteiger partial charge in [-0.3, -0.25) is 4.57 Å². The fourth-order valence-electron chi connectivity index (χ4n) is 1.69. The van der Waals surface area contributed by atoms with E-state index in [-0.39, 0.29) is 6.61 Å². The van der Waals surface area contributed by atoms with Crippen molar-refractivity contribution in [1.29, 1.82) is 0 Å². The number of aliphatic hydroxyl groups excluding tert-OH is 1. The summed E-state index contributed by atoms with van der Waals surface area (Å²) in [4.78, 5) is 0. The minimum Gasteiger partial charge on any atom is -0.395 e. The van der Waals surface area contributed by atoms with Gasteiger partial charge in [0.05, 0.1) is 6.61 Å². The third kappa shape index (κ3) is 4.19. The Bertz CT molecular complexity index is 377. The Morgan fingerprint density at radius 1 is 1.28 bits per heavy atom. The first-order valence-electron chi connectivity index (χ1n) is 5.75. The molecule has 0 fully saturated rings. The van der Waals surface area contributed by atoms with Crippen LogP contribution in [0.2, 0.25) is 0 Å². The van der Waals surface area contributed by atoms with Crippen molar-refractivity contribution < 1.29 is 18.7 Å². The first-order valence-corrected chi connectivity index (χ1v) is 7.37. The van der Waals surface area contributed by atoms with Crippen LogP contribution < -0.4 is 5.32 Å². The third-order valence-electron chi connectivity index (χ3n) is 2.65. The van der Waals surface area contributed by atoms with Crippen molar-refractivity contribution in [2.24, 2.45) is 0 Å². The van der Waals surface area contributed by atoms with E-state index in [2.05, 4.69) is 5.32 Å². The quantitative estimate of drug-likeness (QED) is 0.704. The molecule has 0 spiro atoms. The standard InChI is InChI=1S/C12H20NO4P/c1-16-18(15,17-2)12(13-8-9-14)10-11-6-4-3-5-7-11/h3-7,12-14H,8-10H2,1-2H3. The molecule has 1 atom stereocenters. The molecule has 0 aliphatic heterocycles. The van der Waals surface area contributed by atoms with E-state index >= 15 is 0 Å². The highest BCUT2D eigenvalue weighted by atomic mass is 31.2. The van der Waals surface area contributed by atoms with Crippen molar-refractivity contribution in [2.75, 3.05) is 27.4 Å². The van der Waals surface area contributed by atoms with Gasteiger partial charge in [0.2, 0.25) is 0 Å². The second kappa shape index (κ2) is 7.67. The Balaban J connectivity index is 2.81. The highest BCUT2D eigenvalue weighted by molar-refractivity contribution is 7.54. The molecule has 0 amide bonds. The molecule has 18 heavy (non-hydrogen) atoms. The molecule has 0 saturated heterocycles. The fourth-order valence-corrected chi connectivity index (χ4v) is 3.14. The van der Waals surface area contributed by atoms with Crippen LogP contribution >= 0.6 is 7.60 Å². The Hall–Kier alpha value is -0.710. The van der Waals surface area contributed by atoms with Crippen molar-refractivity contribution >= 4 is 7.60 Å². The van der Waals surface area contributed by atoms with Crippen LogP contribution in [0.15, 0.2) is 30.3 Å². The van der Waals surface area contributed by atoms with Gasteiger partial charge in [-0.05, 0) is 12.0 Å². The molecule has 1 unspecified atom stereocenters. The molecule has 6 heteroatoms. The molecule has 1 aromatic carbocycles. The van der Waals surface area contributed by atoms with Crippen LogP contribution in [0.5, 0.6) is 0 Å². The lowest BCUT2D eigenvalue weighted by molar-refractivity contribution is 0.249. The van der Waals surface area contributed by atoms with Crippen LogP contribution in [0.3, 0.4) is 0 Å². The van der Waals surface area contributed by atoms with Gasteiger partial charge in [-0.1, -0.05) is 30.3 Å². The van der Waals surface area contributed by atoms with Crippen LogP contribution in [0.1, 0.15) is 5.56 Å². The second-order valence-electron chi connectivity index (χ2n) is 3.79. The predicted octanol–water partition coefficient (Wildman–Crippen LogP) is 1.62. The molecule has 0 heterocycles. The topological polar surface area (TPSA) is 67.8 Å². The Morgan fingerprint density at radius 2 is 1.89 bits per heavy atom. The summed E-state index contributed by atoms with van der Waals surface area (Å²) in [6, 6.07) is 9.66. The van der Waals surface area contributed by atoms with Crippen molar-refractivity contribution in [3.8, 4) is 0 Å². The van der Waals surface area contributed by atoms with E-state index in [1.165, 1.54) is 14.2 Å². The SMILES string of the molecule is COP(=O)(OC)C(Cc1ccccc1)NCCO. The van der Waals surface area contributed by atoms with Gasteiger partial charge < -0.3 is 19.5 Å². The minimum atomic E-state index is -3.21. The summed E-state index contributed by atoms with van der Waals surface area (Å²) < 4.78 is 22.4. The maximum absolute atomic E-state index is 12.4. The highest BCUT2D eigenvalue weighted by Gasteiger charge is 2.33. The molecule has 0 aromatic heterocycles. The van der Waals surface area contributed by atoms with Gasteiger partial charge in [-0.25, -0.2) is 0 Å². The van der Waals surface area contributed by atoms with E-state index in [1.807, 2.05) is 30.3 Å². The molecule has 0 bridgehead atoms. The van der Waals surface area contributed by atoms with Crippen molar-refractivity contribution in [2.45, 2.75) is 12.2 Å². The minimum absolute atomic E-state index is 0.0290. The van der Waals surface area contributed by atoms with Crippen LogP contribution in [0.4, 0.5) is 0 Å². The van der Waals surface area contributed by atoms with Gasteiger partial charge >= 0.3 is 7.60 Å². The van der Waals surface area contributed by atoms with Gasteiger partial charge in [-0.2, -0.15) is 0 Å². The smallest absolute Gasteiger partial charge is 0.347 e. The molecule has 2 N–H and O–H groups in total. The summed E-state index contributed by atoms with van der Waals surface area (Å²) in [7, 11) is -0.481. The van der Waals surface area contributed by atoms with E-state index in [4.69, 9.17) is 14.2 Å². The average molecular weight is 273 g/mol. The van der Waals surface area contributed by atoms with Crippen molar-refractivity contribution in [3.05, 3.63) is 35.9 Å². The molecule has 0 aliphatic carbocycles. The molecule has 0 saturated carbocycles. The lowest BCUT2D eigenvalue weighted by Gasteiger charge is -2.25. The van der Waals surface area contributed by atoms with Gasteiger partial charge in [0.15, 0.2) is 0 Å². The Labute approximate surface area is 108 Å². The van der Waals surface area contributed by atoms with E-state index in [9.17, 15) is 4.57 Å². The maximum atomic E-state index is 12.4. The number of hydrogen-bond donors (Lipinski definition) is 2. The summed E-state index contributed by atoms with van der Waals surface area (Å²) in [5.41, 5.74) is 1.03. The van der Waals surface area contributed by atoms with E-state index < -0.39 is 13.4 Å². The number of rotatable bonds is 8. The summed E-state index contributed by atoms with van der Waals surface area (Å²) in [5.74, 6) is -0.470. The molecule has 1 rings (SSSR count). The molecular formula is C12H20NO4P. The van der Waals surface area contributed by atoms with E-state index in [0.29, 0.717) is 13.0 Å². The molecule has 0 radical (unpaired) electrons. The zero-order chi connectivity index (χ0) is 13.4. The highest BCUT2D eigenvalue weighted by Crippen LogP contribution is 2.51. The van der Waals surface area contributed by atoms with E-state index in [1.54, 1.807) is 0 Å². The van der Waals surface area contributed by atoms with Crippen LogP contribution in [0, 0.1) is 0 Å². The summed E-state index contributed by atoms with van der Waals surface area (Å²) in [6.45, 7) is 0.312. The summed E-state index contributed by atoms with van der Waals surface area (Å²) in [5, 5.41) is 11.9. The second-order valence-corrected chi connectivity index (χ2v) is 6.22. The molecule has 102 valence electrons. The fraction of sp³-hybridized carbons (Fsp3) is 0.500. The van der Waals surface area contributed by atoms with Crippen molar-refractivity contribution in [1.82, 2.24) is 5.32 Å². The summed E-state index contributed by atoms with van der Waals surface area (Å²) in [6.07, 6.45) is 0.514. The average Bonchev–Trinajstić information content (AvgIpc) is 2.43. The molecule has 0 aliphatic rings. The first kappa shape index (κ1) is 15.3. The Kier molecular flexibility index (Phi) is 6.54. The van der Waals surface area contributed by atoms with Crippen LogP contribution in [-0.2, 0) is 20.0 Å². The number of benzene rings is 1. The van der Waals surface area contributed by atoms with Crippen LogP contribution in [0.25, 0.3) is 0 Å².